The van der Waals surface area contributed by atoms with Gasteiger partial charge in [-0.05, 0) is 37.1 Å². The third-order valence-electron chi connectivity index (χ3n) is 3.68. The highest BCUT2D eigenvalue weighted by Gasteiger charge is 2.33. The van der Waals surface area contributed by atoms with Gasteiger partial charge in [0.15, 0.2) is 0 Å². The molecule has 0 saturated heterocycles. The largest absolute Gasteiger partial charge is 0.296 e. The van der Waals surface area contributed by atoms with Crippen molar-refractivity contribution in [2.24, 2.45) is 4.99 Å². The van der Waals surface area contributed by atoms with Crippen molar-refractivity contribution < 1.29 is 12.6 Å². The summed E-state index contributed by atoms with van der Waals surface area (Å²) in [7, 11) is -3.72. The zero-order valence-corrected chi connectivity index (χ0v) is 12.8. The maximum absolute atomic E-state index is 12.1. The molecule has 0 fully saturated rings. The summed E-state index contributed by atoms with van der Waals surface area (Å²) in [5.41, 5.74) is 2.48. The van der Waals surface area contributed by atoms with Crippen molar-refractivity contribution in [2.75, 3.05) is 6.61 Å². The topological polar surface area (TPSA) is 55.7 Å². The second kappa shape index (κ2) is 5.14. The Balaban J connectivity index is 2.35. The highest BCUT2D eigenvalue weighted by molar-refractivity contribution is 7.86. The monoisotopic (exact) mass is 293 g/mol. The summed E-state index contributed by atoms with van der Waals surface area (Å²) in [6.45, 7) is 9.67. The van der Waals surface area contributed by atoms with Gasteiger partial charge in [-0.3, -0.25) is 9.18 Å². The highest BCUT2D eigenvalue weighted by Crippen LogP contribution is 2.40. The fourth-order valence-corrected chi connectivity index (χ4v) is 3.04. The van der Waals surface area contributed by atoms with Crippen LogP contribution in [0.15, 0.2) is 40.7 Å². The van der Waals surface area contributed by atoms with Gasteiger partial charge in [-0.15, -0.1) is 6.58 Å². The minimum atomic E-state index is -3.72. The summed E-state index contributed by atoms with van der Waals surface area (Å²) in [6.07, 6.45) is 2.12. The number of benzene rings is 1. The van der Waals surface area contributed by atoms with E-state index in [-0.39, 0.29) is 16.9 Å². The summed E-state index contributed by atoms with van der Waals surface area (Å²) in [6, 6.07) is 4.94. The predicted octanol–water partition coefficient (Wildman–Crippen LogP) is 3.35. The highest BCUT2D eigenvalue weighted by atomic mass is 32.2. The molecule has 0 radical (unpaired) electrons. The lowest BCUT2D eigenvalue weighted by Gasteiger charge is -2.20. The summed E-state index contributed by atoms with van der Waals surface area (Å²) in [5, 5.41) is 0. The van der Waals surface area contributed by atoms with E-state index in [1.807, 2.05) is 20.8 Å². The van der Waals surface area contributed by atoms with Gasteiger partial charge in [-0.2, -0.15) is 8.42 Å². The van der Waals surface area contributed by atoms with Crippen LogP contribution in [-0.4, -0.2) is 20.7 Å². The second-order valence-electron chi connectivity index (χ2n) is 5.35. The van der Waals surface area contributed by atoms with Gasteiger partial charge in [0, 0.05) is 11.1 Å². The standard InChI is InChI=1S/C15H19NO3S/c1-5-6-9-19-20(17,18)12-7-8-14-13(10-12)15(3,4)11(2)16-14/h5,7-8,10H,1,6,9H2,2-4H3. The molecule has 0 saturated carbocycles. The molecule has 108 valence electrons. The summed E-state index contributed by atoms with van der Waals surface area (Å²) in [4.78, 5) is 4.65. The number of hydrogen-bond donors (Lipinski definition) is 0. The molecule has 20 heavy (non-hydrogen) atoms. The lowest BCUT2D eigenvalue weighted by Crippen LogP contribution is -2.23. The maximum Gasteiger partial charge on any atom is 0.296 e. The molecule has 0 amide bonds. The fourth-order valence-electron chi connectivity index (χ4n) is 2.09. The number of fused-ring (bicyclic) bond motifs is 1. The summed E-state index contributed by atoms with van der Waals surface area (Å²) < 4.78 is 29.2. The van der Waals surface area contributed by atoms with E-state index in [9.17, 15) is 8.42 Å². The molecule has 0 unspecified atom stereocenters. The first-order valence-corrected chi connectivity index (χ1v) is 7.90. The lowest BCUT2D eigenvalue weighted by atomic mass is 9.82. The van der Waals surface area contributed by atoms with Gasteiger partial charge in [0.05, 0.1) is 17.2 Å². The molecule has 1 heterocycles. The van der Waals surface area contributed by atoms with Gasteiger partial charge in [0.1, 0.15) is 0 Å². The Morgan fingerprint density at radius 1 is 1.40 bits per heavy atom. The predicted molar refractivity (Wildman–Crippen MR) is 80.2 cm³/mol. The van der Waals surface area contributed by atoms with Crippen LogP contribution in [0.2, 0.25) is 0 Å². The number of nitrogens with zero attached hydrogens (tertiary/aromatic N) is 1. The first kappa shape index (κ1) is 14.9. The van der Waals surface area contributed by atoms with Crippen molar-refractivity contribution in [3.63, 3.8) is 0 Å². The molecule has 4 nitrogen and oxygen atoms in total. The van der Waals surface area contributed by atoms with Gasteiger partial charge in [0.25, 0.3) is 10.1 Å². The van der Waals surface area contributed by atoms with Crippen molar-refractivity contribution in [3.8, 4) is 0 Å². The van der Waals surface area contributed by atoms with Crippen LogP contribution in [0, 0.1) is 0 Å². The fraction of sp³-hybridized carbons (Fsp3) is 0.400. The maximum atomic E-state index is 12.1. The van der Waals surface area contributed by atoms with Crippen molar-refractivity contribution in [2.45, 2.75) is 37.5 Å². The van der Waals surface area contributed by atoms with E-state index in [4.69, 9.17) is 4.18 Å². The summed E-state index contributed by atoms with van der Waals surface area (Å²) in [5.74, 6) is 0. The molecular weight excluding hydrogens is 274 g/mol. The van der Waals surface area contributed by atoms with Crippen LogP contribution in [-0.2, 0) is 19.7 Å². The molecule has 2 rings (SSSR count). The van der Waals surface area contributed by atoms with E-state index >= 15 is 0 Å². The van der Waals surface area contributed by atoms with Gasteiger partial charge < -0.3 is 0 Å². The second-order valence-corrected chi connectivity index (χ2v) is 6.97. The van der Waals surface area contributed by atoms with Gasteiger partial charge in [-0.1, -0.05) is 19.9 Å². The van der Waals surface area contributed by atoms with E-state index in [2.05, 4.69) is 11.6 Å². The van der Waals surface area contributed by atoms with E-state index in [1.165, 1.54) is 0 Å². The van der Waals surface area contributed by atoms with Gasteiger partial charge in [0.2, 0.25) is 0 Å². The van der Waals surface area contributed by atoms with Crippen LogP contribution in [0.5, 0.6) is 0 Å². The van der Waals surface area contributed by atoms with Crippen molar-refractivity contribution in [1.82, 2.24) is 0 Å². The van der Waals surface area contributed by atoms with E-state index in [0.717, 1.165) is 17.0 Å². The number of aliphatic imine (C=N–C) groups is 1. The number of rotatable bonds is 5. The third-order valence-corrected chi connectivity index (χ3v) is 4.99. The molecule has 1 aromatic rings. The Morgan fingerprint density at radius 3 is 2.75 bits per heavy atom. The van der Waals surface area contributed by atoms with Crippen LogP contribution in [0.25, 0.3) is 0 Å². The first-order chi connectivity index (χ1) is 9.29. The molecule has 1 aliphatic heterocycles. The van der Waals surface area contributed by atoms with Crippen molar-refractivity contribution >= 4 is 21.5 Å². The smallest absolute Gasteiger partial charge is 0.266 e. The Morgan fingerprint density at radius 2 is 2.10 bits per heavy atom. The van der Waals surface area contributed by atoms with Crippen LogP contribution in [0.4, 0.5) is 5.69 Å². The Hall–Kier alpha value is -1.46. The Bertz CT molecular complexity index is 672. The quantitative estimate of drug-likeness (QED) is 0.475. The number of hydrogen-bond acceptors (Lipinski definition) is 4. The summed E-state index contributed by atoms with van der Waals surface area (Å²) >= 11 is 0. The zero-order chi connectivity index (χ0) is 15.0. The lowest BCUT2D eigenvalue weighted by molar-refractivity contribution is 0.325. The van der Waals surface area contributed by atoms with E-state index in [1.54, 1.807) is 24.3 Å². The first-order valence-electron chi connectivity index (χ1n) is 6.49. The van der Waals surface area contributed by atoms with Gasteiger partial charge >= 0.3 is 0 Å². The zero-order valence-electron chi connectivity index (χ0n) is 12.0. The molecule has 1 aliphatic rings. The Labute approximate surface area is 120 Å². The molecule has 0 N–H and O–H groups in total. The molecule has 0 aromatic heterocycles. The van der Waals surface area contributed by atoms with E-state index in [0.29, 0.717) is 6.42 Å². The molecule has 0 aliphatic carbocycles. The molecule has 0 spiro atoms. The van der Waals surface area contributed by atoms with Crippen LogP contribution < -0.4 is 0 Å². The molecule has 1 aromatic carbocycles. The normalized spacial score (nSPS) is 16.6. The molecule has 5 heteroatoms. The SMILES string of the molecule is C=CCCOS(=O)(=O)c1ccc2c(c1)C(C)(C)C(C)=N2. The van der Waals surface area contributed by atoms with E-state index < -0.39 is 10.1 Å². The van der Waals surface area contributed by atoms with Crippen molar-refractivity contribution in [1.29, 1.82) is 0 Å². The van der Waals surface area contributed by atoms with Crippen molar-refractivity contribution in [3.05, 3.63) is 36.4 Å². The Kier molecular flexibility index (Phi) is 3.84. The minimum Gasteiger partial charge on any atom is -0.266 e. The average molecular weight is 293 g/mol. The molecule has 0 bridgehead atoms. The molecule has 0 atom stereocenters. The van der Waals surface area contributed by atoms with Crippen LogP contribution >= 0.6 is 0 Å². The third kappa shape index (κ3) is 2.55. The molecular formula is C15H19NO3S. The van der Waals surface area contributed by atoms with Crippen LogP contribution in [0.3, 0.4) is 0 Å². The minimum absolute atomic E-state index is 0.113. The van der Waals surface area contributed by atoms with Gasteiger partial charge in [-0.25, -0.2) is 0 Å². The average Bonchev–Trinajstić information content (AvgIpc) is 2.60. The van der Waals surface area contributed by atoms with Crippen LogP contribution in [0.1, 0.15) is 32.8 Å².